The highest BCUT2D eigenvalue weighted by atomic mass is 79.9. The number of rotatable bonds is 7. The van der Waals surface area contributed by atoms with Crippen LogP contribution in [0.5, 0.6) is 0 Å². The van der Waals surface area contributed by atoms with E-state index in [2.05, 4.69) is 177 Å². The van der Waals surface area contributed by atoms with Crippen molar-refractivity contribution in [2.75, 3.05) is 11.1 Å². The van der Waals surface area contributed by atoms with Crippen LogP contribution in [0.3, 0.4) is 0 Å². The number of imidazole rings is 3. The second kappa shape index (κ2) is 23.3. The van der Waals surface area contributed by atoms with Crippen LogP contribution in [0.1, 0.15) is 101 Å². The molecular formula is C50H62BBr2ClN10O4. The maximum Gasteiger partial charge on any atom is 0.494 e. The summed E-state index contributed by atoms with van der Waals surface area (Å²) < 4.78 is 20.9. The van der Waals surface area contributed by atoms with Gasteiger partial charge in [-0.15, -0.1) is 0 Å². The maximum absolute atomic E-state index is 8.36. The third kappa shape index (κ3) is 13.5. The fraction of sp³-hybridized carbons (Fsp3) is 0.360. The molecule has 4 aromatic carbocycles. The van der Waals surface area contributed by atoms with Crippen molar-refractivity contribution in [3.05, 3.63) is 118 Å². The van der Waals surface area contributed by atoms with Crippen molar-refractivity contribution in [2.24, 2.45) is 0 Å². The molecule has 0 amide bonds. The smallest absolute Gasteiger partial charge is 0.483 e. The van der Waals surface area contributed by atoms with Crippen molar-refractivity contribution < 1.29 is 19.2 Å². The van der Waals surface area contributed by atoms with Crippen LogP contribution in [0.4, 0.5) is 11.4 Å². The second-order valence-corrected chi connectivity index (χ2v) is 20.4. The summed E-state index contributed by atoms with van der Waals surface area (Å²) in [6.07, 6.45) is 7.31. The first-order valence-corrected chi connectivity index (χ1v) is 24.3. The van der Waals surface area contributed by atoms with E-state index in [4.69, 9.17) is 36.5 Å². The third-order valence-electron chi connectivity index (χ3n) is 11.3. The van der Waals surface area contributed by atoms with Crippen molar-refractivity contribution >= 4 is 107 Å². The average Bonchev–Trinajstić information content (AvgIpc) is 4.05. The summed E-state index contributed by atoms with van der Waals surface area (Å²) in [5, 5.41) is 10.4. The van der Waals surface area contributed by atoms with Gasteiger partial charge in [0.25, 0.3) is 6.47 Å². The van der Waals surface area contributed by atoms with E-state index in [1.165, 1.54) is 5.52 Å². The Kier molecular flexibility index (Phi) is 18.4. The molecule has 0 spiro atoms. The molecule has 0 atom stereocenters. The Balaban J connectivity index is 0.000000170. The van der Waals surface area contributed by atoms with Crippen LogP contribution >= 0.6 is 43.5 Å². The van der Waals surface area contributed by atoms with Gasteiger partial charge in [-0.05, 0) is 167 Å². The van der Waals surface area contributed by atoms with Crippen LogP contribution in [0.2, 0.25) is 5.28 Å². The molecular weight excluding hydrogens is 1010 g/mol. The molecule has 8 aromatic rings. The lowest BCUT2D eigenvalue weighted by Crippen LogP contribution is -2.41. The quantitative estimate of drug-likeness (QED) is 0.0600. The van der Waals surface area contributed by atoms with Gasteiger partial charge in [0.15, 0.2) is 0 Å². The molecule has 9 rings (SSSR count). The molecule has 1 aliphatic rings. The average molecular weight is 1070 g/mol. The number of fused-ring (bicyclic) bond motifs is 3. The highest BCUT2D eigenvalue weighted by molar-refractivity contribution is 9.10. The molecule has 0 saturated carbocycles. The van der Waals surface area contributed by atoms with Crippen molar-refractivity contribution in [3.8, 4) is 11.3 Å². The SMILES string of the molecule is CC(C)Nc1cc(Br)ccc1N.CC(C)n1cnc2ccc(-c3ccnc(Cl)n3)cc21.CC(C)n1cnc2ccc(B3OC(C)(C)C(C)(C)O3)cc21.CC(C)n1cnc2ccc(Br)cc21.O=CO. The number of aromatic nitrogens is 8. The van der Waals surface area contributed by atoms with Crippen LogP contribution < -0.4 is 16.5 Å². The molecule has 4 N–H and O–H groups in total. The number of hydrogen-bond acceptors (Lipinski definition) is 10. The fourth-order valence-electron chi connectivity index (χ4n) is 7.05. The van der Waals surface area contributed by atoms with Crippen LogP contribution in [0.25, 0.3) is 44.4 Å². The summed E-state index contributed by atoms with van der Waals surface area (Å²) in [6, 6.07) is 27.7. The minimum absolute atomic E-state index is 0.250. The lowest BCUT2D eigenvalue weighted by molar-refractivity contribution is -0.122. The van der Waals surface area contributed by atoms with Gasteiger partial charge in [-0.1, -0.05) is 44.0 Å². The van der Waals surface area contributed by atoms with E-state index in [0.717, 1.165) is 64.6 Å². The minimum Gasteiger partial charge on any atom is -0.483 e. The van der Waals surface area contributed by atoms with E-state index in [-0.39, 0.29) is 30.1 Å². The zero-order valence-electron chi connectivity index (χ0n) is 40.7. The first-order chi connectivity index (χ1) is 32.0. The second-order valence-electron chi connectivity index (χ2n) is 18.3. The summed E-state index contributed by atoms with van der Waals surface area (Å²) in [7, 11) is -0.324. The number of nitrogen functional groups attached to an aromatic ring is 1. The Morgan fingerprint density at radius 2 is 1.13 bits per heavy atom. The van der Waals surface area contributed by atoms with Crippen LogP contribution in [0.15, 0.2) is 113 Å². The van der Waals surface area contributed by atoms with Gasteiger partial charge >= 0.3 is 7.12 Å². The molecule has 0 aliphatic carbocycles. The van der Waals surface area contributed by atoms with Gasteiger partial charge in [0.2, 0.25) is 5.28 Å². The molecule has 4 aromatic heterocycles. The molecule has 18 heteroatoms. The highest BCUT2D eigenvalue weighted by Crippen LogP contribution is 2.37. The fourth-order valence-corrected chi connectivity index (χ4v) is 7.91. The van der Waals surface area contributed by atoms with E-state index in [0.29, 0.717) is 24.2 Å². The van der Waals surface area contributed by atoms with Crippen molar-refractivity contribution in [2.45, 2.75) is 118 Å². The molecule has 0 unspecified atom stereocenters. The Bertz CT molecular complexity index is 2920. The summed E-state index contributed by atoms with van der Waals surface area (Å²) >= 11 is 12.7. The number of nitrogens with one attached hydrogen (secondary N) is 1. The van der Waals surface area contributed by atoms with Gasteiger partial charge in [0, 0.05) is 44.9 Å². The highest BCUT2D eigenvalue weighted by Gasteiger charge is 2.51. The summed E-state index contributed by atoms with van der Waals surface area (Å²) in [6.45, 7) is 25.1. The van der Waals surface area contributed by atoms with Gasteiger partial charge in [-0.25, -0.2) is 24.9 Å². The van der Waals surface area contributed by atoms with Crippen LogP contribution in [-0.4, -0.2) is 74.6 Å². The van der Waals surface area contributed by atoms with Gasteiger partial charge in [-0.2, -0.15) is 0 Å². The predicted octanol–water partition coefficient (Wildman–Crippen LogP) is 12.6. The minimum atomic E-state index is -0.324. The Labute approximate surface area is 421 Å². The van der Waals surface area contributed by atoms with E-state index >= 15 is 0 Å². The maximum atomic E-state index is 8.36. The third-order valence-corrected chi connectivity index (χ3v) is 12.5. The van der Waals surface area contributed by atoms with Crippen LogP contribution in [-0.2, 0) is 14.1 Å². The zero-order chi connectivity index (χ0) is 50.1. The molecule has 1 aliphatic heterocycles. The van der Waals surface area contributed by atoms with E-state index in [9.17, 15) is 0 Å². The molecule has 360 valence electrons. The number of carbonyl (C=O) groups is 1. The lowest BCUT2D eigenvalue weighted by atomic mass is 9.79. The van der Waals surface area contributed by atoms with E-state index < -0.39 is 0 Å². The molecule has 0 bridgehead atoms. The Morgan fingerprint density at radius 3 is 1.63 bits per heavy atom. The van der Waals surface area contributed by atoms with Gasteiger partial charge < -0.3 is 39.2 Å². The van der Waals surface area contributed by atoms with E-state index in [1.807, 2.05) is 79.6 Å². The van der Waals surface area contributed by atoms with Gasteiger partial charge in [0.1, 0.15) is 0 Å². The summed E-state index contributed by atoms with van der Waals surface area (Å²) in [5.41, 5.74) is 16.2. The number of benzene rings is 4. The topological polar surface area (TPSA) is 173 Å². The van der Waals surface area contributed by atoms with Crippen LogP contribution in [0, 0.1) is 0 Å². The zero-order valence-corrected chi connectivity index (χ0v) is 44.7. The number of hydrogen-bond donors (Lipinski definition) is 3. The summed E-state index contributed by atoms with van der Waals surface area (Å²) in [4.78, 5) is 29.7. The van der Waals surface area contributed by atoms with Gasteiger partial charge in [-0.3, -0.25) is 4.79 Å². The summed E-state index contributed by atoms with van der Waals surface area (Å²) in [5.74, 6) is 0. The Morgan fingerprint density at radius 1 is 0.676 bits per heavy atom. The lowest BCUT2D eigenvalue weighted by Gasteiger charge is -2.32. The molecule has 5 heterocycles. The van der Waals surface area contributed by atoms with Crippen molar-refractivity contribution in [1.82, 2.24) is 38.6 Å². The number of halogens is 3. The predicted molar refractivity (Wildman–Crippen MR) is 286 cm³/mol. The van der Waals surface area contributed by atoms with E-state index in [1.54, 1.807) is 6.20 Å². The Hall–Kier alpha value is -5.33. The van der Waals surface area contributed by atoms with Crippen molar-refractivity contribution in [1.29, 1.82) is 0 Å². The van der Waals surface area contributed by atoms with Gasteiger partial charge in [0.05, 0.1) is 80.4 Å². The molecule has 68 heavy (non-hydrogen) atoms. The number of nitrogens with zero attached hydrogens (tertiary/aromatic N) is 8. The first-order valence-electron chi connectivity index (χ1n) is 22.3. The molecule has 1 fully saturated rings. The number of carboxylic acid groups (broad SMARTS) is 1. The molecule has 0 radical (unpaired) electrons. The number of anilines is 2. The normalized spacial score (nSPS) is 13.7. The largest absolute Gasteiger partial charge is 0.494 e. The molecule has 14 nitrogen and oxygen atoms in total. The first kappa shape index (κ1) is 53.6. The monoisotopic (exact) mass is 1070 g/mol. The standard InChI is InChI=1S/C16H23BN2O2.C14H13ClN4.C10H11BrN2.C9H13BrN2.CH2O2/c1-11(2)19-10-18-13-8-7-12(9-14(13)19)17-20-15(3,4)16(5,6)21-17;1-9(2)19-8-17-12-4-3-10(7-13(12)19)11-5-6-16-14(15)18-11;1-7(2)13-6-12-9-4-3-8(11)5-10(9)13;1-6(2)12-9-5-7(10)3-4-8(9)11;2-1-3/h7-11H,1-6H3;3-9H,1-2H3;3-7H,1-2H3;3-6,12H,11H2,1-2H3;1H,(H,2,3). The molecule has 1 saturated heterocycles. The van der Waals surface area contributed by atoms with Crippen molar-refractivity contribution in [3.63, 3.8) is 0 Å². The number of nitrogens with two attached hydrogens (primary N) is 1.